The lowest BCUT2D eigenvalue weighted by atomic mass is 10.1. The summed E-state index contributed by atoms with van der Waals surface area (Å²) in [5, 5.41) is 20.1. The Hall–Kier alpha value is -2.55. The first-order valence-electron chi connectivity index (χ1n) is 6.67. The van der Waals surface area contributed by atoms with Gasteiger partial charge in [-0.2, -0.15) is 5.26 Å². The van der Waals surface area contributed by atoms with Crippen LogP contribution in [0.1, 0.15) is 25.3 Å². The maximum atomic E-state index is 12.0. The first kappa shape index (κ1) is 16.5. The molecule has 1 aromatic rings. The van der Waals surface area contributed by atoms with E-state index < -0.39 is 5.97 Å². The van der Waals surface area contributed by atoms with E-state index in [0.717, 1.165) is 0 Å². The zero-order valence-corrected chi connectivity index (χ0v) is 12.2. The molecule has 0 fully saturated rings. The average molecular weight is 289 g/mol. The van der Waals surface area contributed by atoms with Gasteiger partial charge in [0.2, 0.25) is 0 Å². The lowest BCUT2D eigenvalue weighted by molar-refractivity contribution is -0.137. The predicted octanol–water partition coefficient (Wildman–Crippen LogP) is 2.20. The average Bonchev–Trinajstić information content (AvgIpc) is 2.49. The van der Waals surface area contributed by atoms with Crippen LogP contribution in [0.3, 0.4) is 0 Å². The number of aliphatic carboxylic acids is 1. The molecule has 0 aliphatic carbocycles. The van der Waals surface area contributed by atoms with E-state index in [0.29, 0.717) is 24.2 Å². The number of carbonyl (C=O) groups excluding carboxylic acids is 1. The molecule has 0 heterocycles. The molecule has 6 heteroatoms. The second kappa shape index (κ2) is 7.90. The monoisotopic (exact) mass is 289 g/mol. The molecule has 0 aliphatic rings. The second-order valence-corrected chi connectivity index (χ2v) is 4.94. The van der Waals surface area contributed by atoms with E-state index in [1.54, 1.807) is 31.3 Å². The molecule has 6 nitrogen and oxygen atoms in total. The van der Waals surface area contributed by atoms with Crippen molar-refractivity contribution in [2.75, 3.05) is 18.5 Å². The molecule has 0 radical (unpaired) electrons. The van der Waals surface area contributed by atoms with Crippen LogP contribution in [0, 0.1) is 17.2 Å². The summed E-state index contributed by atoms with van der Waals surface area (Å²) in [6.07, 6.45) is 0.624. The van der Waals surface area contributed by atoms with Gasteiger partial charge in [0.1, 0.15) is 0 Å². The van der Waals surface area contributed by atoms with Gasteiger partial charge in [0.15, 0.2) is 0 Å². The van der Waals surface area contributed by atoms with Gasteiger partial charge >= 0.3 is 12.0 Å². The number of carboxylic acids is 1. The van der Waals surface area contributed by atoms with Crippen molar-refractivity contribution in [3.05, 3.63) is 29.8 Å². The van der Waals surface area contributed by atoms with Gasteiger partial charge in [-0.05, 0) is 36.6 Å². The molecule has 112 valence electrons. The van der Waals surface area contributed by atoms with Crippen LogP contribution < -0.4 is 10.2 Å². The minimum absolute atomic E-state index is 0.0967. The van der Waals surface area contributed by atoms with E-state index in [1.807, 2.05) is 13.0 Å². The van der Waals surface area contributed by atoms with E-state index in [1.165, 1.54) is 4.90 Å². The van der Waals surface area contributed by atoms with Crippen LogP contribution in [-0.4, -0.2) is 30.7 Å². The first-order valence-corrected chi connectivity index (χ1v) is 6.67. The quantitative estimate of drug-likeness (QED) is 0.839. The normalized spacial score (nSPS) is 11.3. The summed E-state index contributed by atoms with van der Waals surface area (Å²) in [5.74, 6) is -0.734. The van der Waals surface area contributed by atoms with E-state index in [-0.39, 0.29) is 18.4 Å². The molecular weight excluding hydrogens is 270 g/mol. The topological polar surface area (TPSA) is 93.4 Å². The van der Waals surface area contributed by atoms with Crippen LogP contribution in [-0.2, 0) is 4.79 Å². The zero-order valence-electron chi connectivity index (χ0n) is 12.2. The Morgan fingerprint density at radius 1 is 1.38 bits per heavy atom. The Balaban J connectivity index is 2.47. The number of hydrogen-bond acceptors (Lipinski definition) is 3. The Morgan fingerprint density at radius 2 is 2.00 bits per heavy atom. The molecule has 1 rings (SSSR count). The molecule has 1 atom stereocenters. The van der Waals surface area contributed by atoms with E-state index in [2.05, 4.69) is 5.32 Å². The maximum absolute atomic E-state index is 12.0. The molecule has 0 saturated carbocycles. The summed E-state index contributed by atoms with van der Waals surface area (Å²) in [6, 6.07) is 8.45. The van der Waals surface area contributed by atoms with Crippen LogP contribution in [0.15, 0.2) is 24.3 Å². The highest BCUT2D eigenvalue weighted by Gasteiger charge is 2.12. The predicted molar refractivity (Wildman–Crippen MR) is 79.0 cm³/mol. The number of nitrogens with zero attached hydrogens (tertiary/aromatic N) is 2. The van der Waals surface area contributed by atoms with Gasteiger partial charge in [0, 0.05) is 25.7 Å². The molecule has 1 aromatic carbocycles. The molecule has 0 bridgehead atoms. The number of nitriles is 1. The molecule has 1 unspecified atom stereocenters. The fourth-order valence-electron chi connectivity index (χ4n) is 1.73. The largest absolute Gasteiger partial charge is 0.481 e. The van der Waals surface area contributed by atoms with Gasteiger partial charge in [0.25, 0.3) is 0 Å². The Labute approximate surface area is 124 Å². The van der Waals surface area contributed by atoms with Gasteiger partial charge in [0.05, 0.1) is 11.6 Å². The number of nitrogens with one attached hydrogen (secondary N) is 1. The summed E-state index contributed by atoms with van der Waals surface area (Å²) in [5.41, 5.74) is 1.22. The fourth-order valence-corrected chi connectivity index (χ4v) is 1.73. The van der Waals surface area contributed by atoms with Gasteiger partial charge in [-0.3, -0.25) is 9.69 Å². The first-order chi connectivity index (χ1) is 9.93. The van der Waals surface area contributed by atoms with Gasteiger partial charge in [-0.1, -0.05) is 6.92 Å². The van der Waals surface area contributed by atoms with Crippen LogP contribution in [0.5, 0.6) is 0 Å². The van der Waals surface area contributed by atoms with Crippen molar-refractivity contribution in [2.45, 2.75) is 19.8 Å². The molecule has 0 spiro atoms. The molecule has 2 N–H and O–H groups in total. The summed E-state index contributed by atoms with van der Waals surface area (Å²) < 4.78 is 0. The standard InChI is InChI=1S/C15H19N3O3/c1-11(3-8-14(19)20)10-17-15(21)18(2)13-6-4-12(9-16)5-7-13/h4-7,11H,3,8,10H2,1-2H3,(H,17,21)(H,19,20). The fraction of sp³-hybridized carbons (Fsp3) is 0.400. The smallest absolute Gasteiger partial charge is 0.321 e. The number of benzene rings is 1. The third-order valence-electron chi connectivity index (χ3n) is 3.14. The maximum Gasteiger partial charge on any atom is 0.321 e. The molecular formula is C15H19N3O3. The third kappa shape index (κ3) is 5.53. The molecule has 2 amide bonds. The highest BCUT2D eigenvalue weighted by molar-refractivity contribution is 5.91. The Kier molecular flexibility index (Phi) is 6.21. The molecule has 0 aliphatic heterocycles. The number of anilines is 1. The summed E-state index contributed by atoms with van der Waals surface area (Å²) >= 11 is 0. The second-order valence-electron chi connectivity index (χ2n) is 4.94. The van der Waals surface area contributed by atoms with E-state index in [4.69, 9.17) is 10.4 Å². The van der Waals surface area contributed by atoms with Crippen LogP contribution >= 0.6 is 0 Å². The minimum atomic E-state index is -0.831. The molecule has 0 saturated heterocycles. The number of rotatable bonds is 6. The van der Waals surface area contributed by atoms with Crippen molar-refractivity contribution in [1.29, 1.82) is 5.26 Å². The molecule has 0 aromatic heterocycles. The number of hydrogen-bond donors (Lipinski definition) is 2. The van der Waals surface area contributed by atoms with Crippen molar-refractivity contribution in [3.63, 3.8) is 0 Å². The number of amides is 2. The highest BCUT2D eigenvalue weighted by Crippen LogP contribution is 2.13. The summed E-state index contributed by atoms with van der Waals surface area (Å²) in [7, 11) is 1.64. The number of carboxylic acid groups (broad SMARTS) is 1. The van der Waals surface area contributed by atoms with Crippen molar-refractivity contribution >= 4 is 17.7 Å². The van der Waals surface area contributed by atoms with Gasteiger partial charge in [-0.25, -0.2) is 4.79 Å². The van der Waals surface area contributed by atoms with Crippen molar-refractivity contribution in [2.24, 2.45) is 5.92 Å². The van der Waals surface area contributed by atoms with Gasteiger partial charge in [-0.15, -0.1) is 0 Å². The van der Waals surface area contributed by atoms with Crippen molar-refractivity contribution in [1.82, 2.24) is 5.32 Å². The number of urea groups is 1. The zero-order chi connectivity index (χ0) is 15.8. The lowest BCUT2D eigenvalue weighted by Crippen LogP contribution is -2.39. The van der Waals surface area contributed by atoms with Crippen LogP contribution in [0.4, 0.5) is 10.5 Å². The van der Waals surface area contributed by atoms with E-state index >= 15 is 0 Å². The molecule has 21 heavy (non-hydrogen) atoms. The Morgan fingerprint density at radius 3 is 2.52 bits per heavy atom. The van der Waals surface area contributed by atoms with Crippen molar-refractivity contribution < 1.29 is 14.7 Å². The van der Waals surface area contributed by atoms with Crippen LogP contribution in [0.25, 0.3) is 0 Å². The SMILES string of the molecule is CC(CCC(=O)O)CNC(=O)N(C)c1ccc(C#N)cc1. The highest BCUT2D eigenvalue weighted by atomic mass is 16.4. The van der Waals surface area contributed by atoms with Crippen molar-refractivity contribution in [3.8, 4) is 6.07 Å². The van der Waals surface area contributed by atoms with E-state index in [9.17, 15) is 9.59 Å². The Bertz CT molecular complexity index is 534. The summed E-state index contributed by atoms with van der Waals surface area (Å²) in [4.78, 5) is 23.9. The summed E-state index contributed by atoms with van der Waals surface area (Å²) in [6.45, 7) is 2.32. The third-order valence-corrected chi connectivity index (χ3v) is 3.14. The number of carbonyl (C=O) groups is 2. The minimum Gasteiger partial charge on any atom is -0.481 e. The van der Waals surface area contributed by atoms with Gasteiger partial charge < -0.3 is 10.4 Å². The lowest BCUT2D eigenvalue weighted by Gasteiger charge is -2.19. The van der Waals surface area contributed by atoms with Crippen LogP contribution in [0.2, 0.25) is 0 Å².